The molecule has 4 aromatic rings. The van der Waals surface area contributed by atoms with Gasteiger partial charge in [-0.2, -0.15) is 5.26 Å². The number of aromatic nitrogens is 3. The van der Waals surface area contributed by atoms with Crippen molar-refractivity contribution in [3.63, 3.8) is 0 Å². The first-order chi connectivity index (χ1) is 20.7. The molecule has 1 amide bonds. The number of ether oxygens (including phenoxy) is 1. The van der Waals surface area contributed by atoms with Gasteiger partial charge >= 0.3 is 0 Å². The average molecular weight is 692 g/mol. The van der Waals surface area contributed by atoms with Crippen molar-refractivity contribution < 1.29 is 19.0 Å². The van der Waals surface area contributed by atoms with Crippen LogP contribution < -0.4 is 20.7 Å². The number of anilines is 2. The van der Waals surface area contributed by atoms with Crippen LogP contribution in [0.1, 0.15) is 28.9 Å². The first-order valence-electron chi connectivity index (χ1n) is 13.6. The molecule has 1 aliphatic carbocycles. The fourth-order valence-electron chi connectivity index (χ4n) is 5.63. The van der Waals surface area contributed by atoms with Gasteiger partial charge in [0.15, 0.2) is 5.82 Å². The molecule has 3 heterocycles. The number of alkyl halides is 1. The highest BCUT2D eigenvalue weighted by molar-refractivity contribution is 14.1. The molecule has 12 heteroatoms. The van der Waals surface area contributed by atoms with Gasteiger partial charge in [-0.05, 0) is 54.8 Å². The van der Waals surface area contributed by atoms with Gasteiger partial charge in [0, 0.05) is 40.7 Å². The van der Waals surface area contributed by atoms with Gasteiger partial charge in [-0.3, -0.25) is 9.78 Å². The van der Waals surface area contributed by atoms with Gasteiger partial charge in [-0.15, -0.1) is 0 Å². The van der Waals surface area contributed by atoms with E-state index in [0.29, 0.717) is 41.9 Å². The molecule has 1 aliphatic heterocycles. The first-order valence-corrected chi connectivity index (χ1v) is 14.8. The minimum absolute atomic E-state index is 0.00778. The number of aliphatic hydroxyl groups is 1. The van der Waals surface area contributed by atoms with E-state index >= 15 is 0 Å². The van der Waals surface area contributed by atoms with E-state index in [1.54, 1.807) is 36.7 Å². The van der Waals surface area contributed by atoms with E-state index < -0.39 is 17.3 Å². The Morgan fingerprint density at radius 3 is 2.84 bits per heavy atom. The smallest absolute Gasteiger partial charge is 0.274 e. The molecule has 2 aromatic heterocycles. The van der Waals surface area contributed by atoms with Crippen molar-refractivity contribution >= 4 is 39.9 Å². The second-order valence-corrected chi connectivity index (χ2v) is 12.1. The van der Waals surface area contributed by atoms with Gasteiger partial charge in [0.05, 0.1) is 47.3 Å². The molecule has 1 saturated carbocycles. The number of carbonyl (C=O) groups excluding carboxylic acids is 1. The van der Waals surface area contributed by atoms with E-state index in [2.05, 4.69) is 48.9 Å². The van der Waals surface area contributed by atoms with Crippen LogP contribution in [0.2, 0.25) is 0 Å². The third-order valence-electron chi connectivity index (χ3n) is 7.91. The Balaban J connectivity index is 1.40. The zero-order valence-electron chi connectivity index (χ0n) is 23.0. The SMILES string of the molecule is COc1cccc(F)c1-c1nccc(C(=O)Nc2ccc(-c3cnccc3C#N)cc2N2C[C@@H](N)C[C@H]2C2(O)CC2I)n1. The maximum absolute atomic E-state index is 14.7. The predicted octanol–water partition coefficient (Wildman–Crippen LogP) is 4.32. The summed E-state index contributed by atoms with van der Waals surface area (Å²) in [6, 6.07) is 14.6. The summed E-state index contributed by atoms with van der Waals surface area (Å²) in [4.78, 5) is 28.4. The van der Waals surface area contributed by atoms with Gasteiger partial charge in [0.1, 0.15) is 17.3 Å². The Kier molecular flexibility index (Phi) is 7.72. The minimum Gasteiger partial charge on any atom is -0.496 e. The maximum atomic E-state index is 14.7. The van der Waals surface area contributed by atoms with E-state index in [-0.39, 0.29) is 38.8 Å². The molecule has 4 N–H and O–H groups in total. The first kappa shape index (κ1) is 28.9. The van der Waals surface area contributed by atoms with Crippen LogP contribution in [0.15, 0.2) is 67.1 Å². The number of nitrogens with zero attached hydrogens (tertiary/aromatic N) is 5. The molecule has 218 valence electrons. The Labute approximate surface area is 260 Å². The molecule has 0 radical (unpaired) electrons. The molecule has 2 aromatic carbocycles. The van der Waals surface area contributed by atoms with E-state index in [4.69, 9.17) is 10.5 Å². The molecule has 43 heavy (non-hydrogen) atoms. The van der Waals surface area contributed by atoms with Crippen LogP contribution in [0.3, 0.4) is 0 Å². The molecular formula is C31H27FIN7O3. The Morgan fingerprint density at radius 2 is 2.09 bits per heavy atom. The van der Waals surface area contributed by atoms with Crippen LogP contribution in [0.5, 0.6) is 5.75 Å². The topological polar surface area (TPSA) is 150 Å². The predicted molar refractivity (Wildman–Crippen MR) is 167 cm³/mol. The van der Waals surface area contributed by atoms with Gasteiger partial charge in [0.25, 0.3) is 5.91 Å². The van der Waals surface area contributed by atoms with Gasteiger partial charge in [-0.25, -0.2) is 14.4 Å². The quantitative estimate of drug-likeness (QED) is 0.190. The lowest BCUT2D eigenvalue weighted by Crippen LogP contribution is -2.42. The third-order valence-corrected chi connectivity index (χ3v) is 9.43. The molecule has 10 nitrogen and oxygen atoms in total. The number of nitrogens with one attached hydrogen (secondary N) is 1. The van der Waals surface area contributed by atoms with Crippen molar-refractivity contribution in [3.05, 3.63) is 84.2 Å². The summed E-state index contributed by atoms with van der Waals surface area (Å²) in [6.07, 6.45) is 5.80. The molecule has 1 saturated heterocycles. The van der Waals surface area contributed by atoms with Gasteiger partial charge in [0.2, 0.25) is 0 Å². The average Bonchev–Trinajstić information content (AvgIpc) is 3.44. The lowest BCUT2D eigenvalue weighted by atomic mass is 10.00. The van der Waals surface area contributed by atoms with Crippen molar-refractivity contribution in [1.29, 1.82) is 5.26 Å². The number of benzene rings is 2. The lowest BCUT2D eigenvalue weighted by molar-refractivity contribution is 0.102. The van der Waals surface area contributed by atoms with Crippen LogP contribution in [-0.4, -0.2) is 61.2 Å². The molecule has 4 atom stereocenters. The highest BCUT2D eigenvalue weighted by Gasteiger charge is 2.60. The fourth-order valence-corrected chi connectivity index (χ4v) is 6.75. The number of methoxy groups -OCH3 is 1. The zero-order chi connectivity index (χ0) is 30.3. The number of hydrogen-bond acceptors (Lipinski definition) is 9. The van der Waals surface area contributed by atoms with Crippen molar-refractivity contribution in [3.8, 4) is 34.3 Å². The maximum Gasteiger partial charge on any atom is 0.274 e. The zero-order valence-corrected chi connectivity index (χ0v) is 25.2. The summed E-state index contributed by atoms with van der Waals surface area (Å²) >= 11 is 2.25. The number of rotatable bonds is 7. The summed E-state index contributed by atoms with van der Waals surface area (Å²) < 4.78 is 20.1. The summed E-state index contributed by atoms with van der Waals surface area (Å²) in [7, 11) is 1.42. The number of amides is 1. The molecule has 6 rings (SSSR count). The van der Waals surface area contributed by atoms with E-state index in [0.717, 1.165) is 5.56 Å². The van der Waals surface area contributed by atoms with Gasteiger partial charge < -0.3 is 25.8 Å². The second-order valence-electron chi connectivity index (χ2n) is 10.6. The highest BCUT2D eigenvalue weighted by atomic mass is 127. The number of pyridine rings is 1. The minimum atomic E-state index is -0.904. The molecule has 2 aliphatic rings. The van der Waals surface area contributed by atoms with Crippen molar-refractivity contribution in [2.24, 2.45) is 5.73 Å². The molecule has 2 unspecified atom stereocenters. The number of nitriles is 1. The van der Waals surface area contributed by atoms with Crippen LogP contribution in [0.25, 0.3) is 22.5 Å². The number of nitrogens with two attached hydrogens (primary N) is 1. The number of carbonyl (C=O) groups is 1. The van der Waals surface area contributed by atoms with Crippen LogP contribution >= 0.6 is 22.6 Å². The standard InChI is InChI=1S/C31H27FIN7O3/c1-43-25-4-2-3-21(32)28(25)29-37-10-8-23(38-29)30(41)39-22-6-5-17(20-15-36-9-7-18(20)14-34)11-24(22)40-16-19(35)12-27(40)31(42)13-26(31)33/h2-11,15,19,26-27,42H,12-13,16,35H2,1H3,(H,39,41)/t19-,26?,27-,31?/m0/s1. The third kappa shape index (κ3) is 5.39. The number of halogens is 2. The summed E-state index contributed by atoms with van der Waals surface area (Å²) in [5.41, 5.74) is 8.51. The summed E-state index contributed by atoms with van der Waals surface area (Å²) in [6.45, 7) is 0.464. The molecule has 2 fully saturated rings. The highest BCUT2D eigenvalue weighted by Crippen LogP contribution is 2.51. The van der Waals surface area contributed by atoms with E-state index in [1.807, 2.05) is 11.0 Å². The van der Waals surface area contributed by atoms with E-state index in [1.165, 1.54) is 31.5 Å². The van der Waals surface area contributed by atoms with E-state index in [9.17, 15) is 19.6 Å². The second kappa shape index (κ2) is 11.5. The Hall–Kier alpha value is -4.19. The monoisotopic (exact) mass is 691 g/mol. The van der Waals surface area contributed by atoms with Crippen LogP contribution in [-0.2, 0) is 0 Å². The Bertz CT molecular complexity index is 1770. The summed E-state index contributed by atoms with van der Waals surface area (Å²) in [5, 5.41) is 24.0. The van der Waals surface area contributed by atoms with Crippen molar-refractivity contribution in [1.82, 2.24) is 15.0 Å². The van der Waals surface area contributed by atoms with Crippen molar-refractivity contribution in [2.75, 3.05) is 23.9 Å². The lowest BCUT2D eigenvalue weighted by Gasteiger charge is -2.32. The fraction of sp³-hybridized carbons (Fsp3) is 0.258. The molecule has 0 spiro atoms. The summed E-state index contributed by atoms with van der Waals surface area (Å²) in [5.74, 6) is -0.868. The number of hydrogen-bond donors (Lipinski definition) is 3. The molecule has 0 bridgehead atoms. The Morgan fingerprint density at radius 1 is 1.28 bits per heavy atom. The largest absolute Gasteiger partial charge is 0.496 e. The van der Waals surface area contributed by atoms with Gasteiger partial charge in [-0.1, -0.05) is 34.7 Å². The molecular weight excluding hydrogens is 664 g/mol. The van der Waals surface area contributed by atoms with Crippen molar-refractivity contribution in [2.45, 2.75) is 34.5 Å². The van der Waals surface area contributed by atoms with Crippen LogP contribution in [0, 0.1) is 17.1 Å². The normalized spacial score (nSPS) is 22.6. The van der Waals surface area contributed by atoms with Crippen LogP contribution in [0.4, 0.5) is 15.8 Å².